The standard InChI is InChI=1S/C12H16N2O2S/c1-8(15)7-14-12(16)10-5-3-2-4-9(10)6-11(13)17/h2-5,8,15H,6-7H2,1H3,(H2,13,17)(H,14,16). The van der Waals surface area contributed by atoms with E-state index in [9.17, 15) is 4.79 Å². The van der Waals surface area contributed by atoms with Crippen LogP contribution in [0.2, 0.25) is 0 Å². The highest BCUT2D eigenvalue weighted by Gasteiger charge is 2.11. The van der Waals surface area contributed by atoms with Crippen LogP contribution < -0.4 is 11.1 Å². The van der Waals surface area contributed by atoms with Crippen molar-refractivity contribution in [2.75, 3.05) is 6.54 Å². The monoisotopic (exact) mass is 252 g/mol. The molecule has 0 aliphatic carbocycles. The third-order valence-electron chi connectivity index (χ3n) is 2.18. The number of nitrogens with two attached hydrogens (primary N) is 1. The molecule has 4 N–H and O–H groups in total. The maximum absolute atomic E-state index is 11.8. The first-order valence-electron chi connectivity index (χ1n) is 5.33. The number of aliphatic hydroxyl groups is 1. The molecule has 0 bridgehead atoms. The molecule has 5 heteroatoms. The van der Waals surface area contributed by atoms with E-state index in [1.54, 1.807) is 19.1 Å². The van der Waals surface area contributed by atoms with Gasteiger partial charge in [0.05, 0.1) is 11.1 Å². The Labute approximate surface area is 106 Å². The maximum Gasteiger partial charge on any atom is 0.251 e. The van der Waals surface area contributed by atoms with Gasteiger partial charge in [0.15, 0.2) is 0 Å². The van der Waals surface area contributed by atoms with Crippen molar-refractivity contribution in [3.8, 4) is 0 Å². The Morgan fingerprint density at radius 3 is 2.76 bits per heavy atom. The first-order valence-corrected chi connectivity index (χ1v) is 5.74. The SMILES string of the molecule is CC(O)CNC(=O)c1ccccc1CC(N)=S. The second kappa shape index (κ2) is 6.32. The van der Waals surface area contributed by atoms with E-state index >= 15 is 0 Å². The van der Waals surface area contributed by atoms with E-state index in [0.29, 0.717) is 17.0 Å². The number of aliphatic hydroxyl groups excluding tert-OH is 1. The number of hydrogen-bond acceptors (Lipinski definition) is 3. The largest absolute Gasteiger partial charge is 0.393 e. The molecule has 0 heterocycles. The maximum atomic E-state index is 11.8. The zero-order valence-electron chi connectivity index (χ0n) is 9.64. The molecule has 1 rings (SSSR count). The summed E-state index contributed by atoms with van der Waals surface area (Å²) in [5.74, 6) is -0.224. The molecular weight excluding hydrogens is 236 g/mol. The zero-order chi connectivity index (χ0) is 12.8. The Morgan fingerprint density at radius 1 is 1.53 bits per heavy atom. The number of nitrogens with one attached hydrogen (secondary N) is 1. The third-order valence-corrected chi connectivity index (χ3v) is 2.33. The summed E-state index contributed by atoms with van der Waals surface area (Å²) in [5.41, 5.74) is 6.81. The molecule has 0 fully saturated rings. The Balaban J connectivity index is 2.81. The van der Waals surface area contributed by atoms with Gasteiger partial charge in [-0.3, -0.25) is 4.79 Å². The topological polar surface area (TPSA) is 75.3 Å². The first kappa shape index (κ1) is 13.6. The number of thiocarbonyl (C=S) groups is 1. The Bertz CT molecular complexity index is 419. The van der Waals surface area contributed by atoms with Crippen LogP contribution in [0.4, 0.5) is 0 Å². The van der Waals surface area contributed by atoms with Crippen molar-refractivity contribution in [2.24, 2.45) is 5.73 Å². The molecule has 1 unspecified atom stereocenters. The highest BCUT2D eigenvalue weighted by molar-refractivity contribution is 7.80. The summed E-state index contributed by atoms with van der Waals surface area (Å²) in [6, 6.07) is 7.14. The molecule has 1 amide bonds. The fourth-order valence-corrected chi connectivity index (χ4v) is 1.57. The van der Waals surface area contributed by atoms with Gasteiger partial charge >= 0.3 is 0 Å². The molecule has 0 radical (unpaired) electrons. The van der Waals surface area contributed by atoms with E-state index in [-0.39, 0.29) is 12.5 Å². The predicted octanol–water partition coefficient (Wildman–Crippen LogP) is 0.626. The number of hydrogen-bond donors (Lipinski definition) is 3. The van der Waals surface area contributed by atoms with Gasteiger partial charge in [0, 0.05) is 18.5 Å². The summed E-state index contributed by atoms with van der Waals surface area (Å²) in [6.45, 7) is 1.83. The minimum atomic E-state index is -0.568. The van der Waals surface area contributed by atoms with Crippen LogP contribution in [-0.2, 0) is 6.42 Å². The van der Waals surface area contributed by atoms with Gasteiger partial charge in [0.25, 0.3) is 5.91 Å². The lowest BCUT2D eigenvalue weighted by Crippen LogP contribution is -2.31. The van der Waals surface area contributed by atoms with Crippen molar-refractivity contribution in [1.82, 2.24) is 5.32 Å². The zero-order valence-corrected chi connectivity index (χ0v) is 10.5. The van der Waals surface area contributed by atoms with Crippen LogP contribution >= 0.6 is 12.2 Å². The van der Waals surface area contributed by atoms with Gasteiger partial charge in [0.1, 0.15) is 0 Å². The first-order chi connectivity index (χ1) is 8.00. The van der Waals surface area contributed by atoms with Crippen LogP contribution in [0.15, 0.2) is 24.3 Å². The summed E-state index contributed by atoms with van der Waals surface area (Å²) < 4.78 is 0. The van der Waals surface area contributed by atoms with Crippen molar-refractivity contribution >= 4 is 23.1 Å². The van der Waals surface area contributed by atoms with Crippen LogP contribution in [0, 0.1) is 0 Å². The molecule has 1 atom stereocenters. The van der Waals surface area contributed by atoms with Gasteiger partial charge in [-0.05, 0) is 18.6 Å². The van der Waals surface area contributed by atoms with Crippen LogP contribution in [-0.4, -0.2) is 28.7 Å². The molecular formula is C12H16N2O2S. The van der Waals surface area contributed by atoms with E-state index in [1.165, 1.54) is 0 Å². The van der Waals surface area contributed by atoms with Crippen molar-refractivity contribution in [2.45, 2.75) is 19.4 Å². The van der Waals surface area contributed by atoms with Gasteiger partial charge in [-0.25, -0.2) is 0 Å². The summed E-state index contributed by atoms with van der Waals surface area (Å²) >= 11 is 4.84. The molecule has 1 aromatic carbocycles. The van der Waals surface area contributed by atoms with Crippen molar-refractivity contribution in [3.05, 3.63) is 35.4 Å². The van der Waals surface area contributed by atoms with Crippen molar-refractivity contribution in [3.63, 3.8) is 0 Å². The molecule has 4 nitrogen and oxygen atoms in total. The van der Waals surface area contributed by atoms with E-state index < -0.39 is 6.10 Å². The summed E-state index contributed by atoms with van der Waals surface area (Å²) in [5, 5.41) is 11.7. The van der Waals surface area contributed by atoms with Gasteiger partial charge in [-0.15, -0.1) is 0 Å². The number of carbonyl (C=O) groups excluding carboxylic acids is 1. The average molecular weight is 252 g/mol. The van der Waals surface area contributed by atoms with Gasteiger partial charge < -0.3 is 16.2 Å². The summed E-state index contributed by atoms with van der Waals surface area (Å²) in [7, 11) is 0. The molecule has 0 aliphatic heterocycles. The molecule has 0 saturated heterocycles. The average Bonchev–Trinajstić information content (AvgIpc) is 2.25. The second-order valence-electron chi connectivity index (χ2n) is 3.86. The molecule has 0 saturated carbocycles. The fourth-order valence-electron chi connectivity index (χ4n) is 1.42. The van der Waals surface area contributed by atoms with Gasteiger partial charge in [0.2, 0.25) is 0 Å². The number of benzene rings is 1. The van der Waals surface area contributed by atoms with Crippen molar-refractivity contribution in [1.29, 1.82) is 0 Å². The highest BCUT2D eigenvalue weighted by Crippen LogP contribution is 2.09. The van der Waals surface area contributed by atoms with Gasteiger partial charge in [-0.2, -0.15) is 0 Å². The van der Waals surface area contributed by atoms with E-state index in [1.807, 2.05) is 12.1 Å². The second-order valence-corrected chi connectivity index (χ2v) is 4.38. The summed E-state index contributed by atoms with van der Waals surface area (Å²) in [6.07, 6.45) is -0.171. The molecule has 17 heavy (non-hydrogen) atoms. The molecule has 1 aromatic rings. The van der Waals surface area contributed by atoms with Gasteiger partial charge in [-0.1, -0.05) is 30.4 Å². The van der Waals surface area contributed by atoms with Crippen LogP contribution in [0.5, 0.6) is 0 Å². The minimum absolute atomic E-state index is 0.222. The minimum Gasteiger partial charge on any atom is -0.393 e. The quantitative estimate of drug-likeness (QED) is 0.672. The van der Waals surface area contributed by atoms with Crippen LogP contribution in [0.3, 0.4) is 0 Å². The highest BCUT2D eigenvalue weighted by atomic mass is 32.1. The number of carbonyl (C=O) groups is 1. The third kappa shape index (κ3) is 4.50. The number of amides is 1. The van der Waals surface area contributed by atoms with Crippen molar-refractivity contribution < 1.29 is 9.90 Å². The van der Waals surface area contributed by atoms with Crippen LogP contribution in [0.1, 0.15) is 22.8 Å². The van der Waals surface area contributed by atoms with E-state index in [2.05, 4.69) is 5.32 Å². The Morgan fingerprint density at radius 2 is 2.18 bits per heavy atom. The number of rotatable bonds is 5. The predicted molar refractivity (Wildman–Crippen MR) is 70.9 cm³/mol. The normalized spacial score (nSPS) is 11.9. The fraction of sp³-hybridized carbons (Fsp3) is 0.333. The molecule has 92 valence electrons. The Kier molecular flexibility index (Phi) is 5.06. The van der Waals surface area contributed by atoms with E-state index in [4.69, 9.17) is 23.1 Å². The van der Waals surface area contributed by atoms with Crippen LogP contribution in [0.25, 0.3) is 0 Å². The molecule has 0 aliphatic rings. The molecule has 0 spiro atoms. The Hall–Kier alpha value is -1.46. The lowest BCUT2D eigenvalue weighted by atomic mass is 10.0. The molecule has 0 aromatic heterocycles. The van der Waals surface area contributed by atoms with E-state index in [0.717, 1.165) is 5.56 Å². The summed E-state index contributed by atoms with van der Waals surface area (Å²) in [4.78, 5) is 12.2. The smallest absolute Gasteiger partial charge is 0.251 e. The lowest BCUT2D eigenvalue weighted by molar-refractivity contribution is 0.0923. The lowest BCUT2D eigenvalue weighted by Gasteiger charge is -2.10.